The van der Waals surface area contributed by atoms with E-state index in [0.717, 1.165) is 5.57 Å². The molecular formula is C18H28O3. The first kappa shape index (κ1) is 19.4. The number of ether oxygens (including phenoxy) is 1. The summed E-state index contributed by atoms with van der Waals surface area (Å²) >= 11 is 0. The fourth-order valence-corrected chi connectivity index (χ4v) is 2.70. The van der Waals surface area contributed by atoms with Crippen LogP contribution in [0.5, 0.6) is 0 Å². The monoisotopic (exact) mass is 292 g/mol. The Hall–Kier alpha value is -1.64. The highest BCUT2D eigenvalue weighted by atomic mass is 16.6. The molecule has 0 radical (unpaired) electrons. The van der Waals surface area contributed by atoms with E-state index in [0.29, 0.717) is 12.0 Å². The van der Waals surface area contributed by atoms with Crippen molar-refractivity contribution in [2.24, 2.45) is 10.8 Å². The van der Waals surface area contributed by atoms with Gasteiger partial charge in [-0.1, -0.05) is 52.5 Å². The van der Waals surface area contributed by atoms with Gasteiger partial charge in [0, 0.05) is 0 Å². The number of hydrogen-bond acceptors (Lipinski definition) is 3. The van der Waals surface area contributed by atoms with Gasteiger partial charge in [0.2, 0.25) is 0 Å². The zero-order chi connectivity index (χ0) is 16.8. The Balaban J connectivity index is 0.00000191. The number of cyclic esters (lactones) is 2. The second-order valence-electron chi connectivity index (χ2n) is 6.15. The number of allylic oxidation sites excluding steroid dienone is 3. The zero-order valence-electron chi connectivity index (χ0n) is 14.4. The van der Waals surface area contributed by atoms with E-state index in [-0.39, 0.29) is 5.41 Å². The highest BCUT2D eigenvalue weighted by Gasteiger charge is 2.42. The molecule has 0 fully saturated rings. The summed E-state index contributed by atoms with van der Waals surface area (Å²) in [5, 5.41) is 0. The summed E-state index contributed by atoms with van der Waals surface area (Å²) < 4.78 is 4.94. The van der Waals surface area contributed by atoms with Crippen LogP contribution in [0.3, 0.4) is 0 Å². The molecule has 3 heteroatoms. The van der Waals surface area contributed by atoms with Gasteiger partial charge in [0.1, 0.15) is 0 Å². The molecule has 0 unspecified atom stereocenters. The van der Waals surface area contributed by atoms with Crippen LogP contribution in [0.2, 0.25) is 0 Å². The van der Waals surface area contributed by atoms with E-state index in [1.54, 1.807) is 13.8 Å². The lowest BCUT2D eigenvalue weighted by Crippen LogP contribution is -2.37. The summed E-state index contributed by atoms with van der Waals surface area (Å²) in [4.78, 5) is 24.1. The van der Waals surface area contributed by atoms with Crippen molar-refractivity contribution in [3.8, 4) is 0 Å². The molecule has 118 valence electrons. The average Bonchev–Trinajstić information content (AvgIpc) is 2.38. The molecule has 3 nitrogen and oxygen atoms in total. The van der Waals surface area contributed by atoms with Crippen LogP contribution >= 0.6 is 0 Å². The summed E-state index contributed by atoms with van der Waals surface area (Å²) in [6.45, 7) is 17.2. The number of carbonyl (C=O) groups excluding carboxylic acids is 2. The lowest BCUT2D eigenvalue weighted by atomic mass is 9.69. The molecule has 1 aliphatic heterocycles. The van der Waals surface area contributed by atoms with Crippen molar-refractivity contribution in [1.29, 1.82) is 0 Å². The molecular weight excluding hydrogens is 264 g/mol. The fourth-order valence-electron chi connectivity index (χ4n) is 2.70. The molecule has 21 heavy (non-hydrogen) atoms. The normalized spacial score (nSPS) is 24.5. The van der Waals surface area contributed by atoms with E-state index in [1.165, 1.54) is 6.08 Å². The smallest absolute Gasteiger partial charge is 0.346 e. The highest BCUT2D eigenvalue weighted by Crippen LogP contribution is 2.43. The summed E-state index contributed by atoms with van der Waals surface area (Å²) in [6.07, 6.45) is 5.84. The minimum absolute atomic E-state index is 0.311. The van der Waals surface area contributed by atoms with Crippen LogP contribution < -0.4 is 0 Å². The van der Waals surface area contributed by atoms with Crippen molar-refractivity contribution in [1.82, 2.24) is 0 Å². The Morgan fingerprint density at radius 3 is 2.05 bits per heavy atom. The van der Waals surface area contributed by atoms with Crippen molar-refractivity contribution in [3.05, 3.63) is 36.0 Å². The van der Waals surface area contributed by atoms with Crippen molar-refractivity contribution in [3.63, 3.8) is 0 Å². The van der Waals surface area contributed by atoms with Crippen molar-refractivity contribution >= 4 is 11.9 Å². The summed E-state index contributed by atoms with van der Waals surface area (Å²) in [6, 6.07) is 0. The maximum absolute atomic E-state index is 12.1. The largest absolute Gasteiger partial charge is 0.389 e. The zero-order valence-corrected chi connectivity index (χ0v) is 14.4. The van der Waals surface area contributed by atoms with Crippen LogP contribution in [0.4, 0.5) is 0 Å². The highest BCUT2D eigenvalue weighted by molar-refractivity contribution is 6.01. The molecule has 0 bridgehead atoms. The lowest BCUT2D eigenvalue weighted by Gasteiger charge is -2.37. The van der Waals surface area contributed by atoms with Gasteiger partial charge in [-0.25, -0.2) is 4.79 Å². The number of carbonyl (C=O) groups is 2. The Morgan fingerprint density at radius 1 is 1.10 bits per heavy atom. The summed E-state index contributed by atoms with van der Waals surface area (Å²) in [7, 11) is 0. The van der Waals surface area contributed by atoms with E-state index >= 15 is 0 Å². The number of rotatable bonds is 2. The van der Waals surface area contributed by atoms with Crippen LogP contribution in [0.25, 0.3) is 0 Å². The Bertz CT molecular complexity index is 477. The minimum atomic E-state index is -0.696. The molecule has 0 saturated heterocycles. The van der Waals surface area contributed by atoms with Crippen LogP contribution in [0.1, 0.15) is 54.9 Å². The van der Waals surface area contributed by atoms with Gasteiger partial charge in [-0.3, -0.25) is 4.79 Å². The molecule has 0 N–H and O–H groups in total. The average molecular weight is 292 g/mol. The van der Waals surface area contributed by atoms with Crippen LogP contribution in [-0.4, -0.2) is 11.9 Å². The summed E-state index contributed by atoms with van der Waals surface area (Å²) in [5.41, 5.74) is 0.218. The number of esters is 2. The van der Waals surface area contributed by atoms with Crippen LogP contribution in [0, 0.1) is 10.8 Å². The quantitative estimate of drug-likeness (QED) is 0.552. The van der Waals surface area contributed by atoms with Gasteiger partial charge >= 0.3 is 11.9 Å². The fraction of sp³-hybridized carbons (Fsp3) is 0.556. The molecule has 1 heterocycles. The second-order valence-corrected chi connectivity index (χ2v) is 6.15. The molecule has 0 aromatic heterocycles. The van der Waals surface area contributed by atoms with Crippen molar-refractivity contribution in [2.75, 3.05) is 0 Å². The molecule has 0 saturated carbocycles. The third-order valence-electron chi connectivity index (χ3n) is 3.40. The topological polar surface area (TPSA) is 43.4 Å². The Morgan fingerprint density at radius 2 is 1.62 bits per heavy atom. The molecule has 0 amide bonds. The predicted octanol–water partition coefficient (Wildman–Crippen LogP) is 4.60. The van der Waals surface area contributed by atoms with Gasteiger partial charge in [0.05, 0.1) is 11.0 Å². The van der Waals surface area contributed by atoms with E-state index in [2.05, 4.69) is 6.58 Å². The van der Waals surface area contributed by atoms with Crippen LogP contribution in [-0.2, 0) is 14.3 Å². The molecule has 0 spiro atoms. The third kappa shape index (κ3) is 4.42. The maximum Gasteiger partial charge on any atom is 0.346 e. The molecule has 1 aliphatic rings. The molecule has 1 rings (SSSR count). The van der Waals surface area contributed by atoms with Gasteiger partial charge in [0.25, 0.3) is 0 Å². The van der Waals surface area contributed by atoms with Gasteiger partial charge in [-0.2, -0.15) is 0 Å². The maximum atomic E-state index is 12.1. The second kappa shape index (κ2) is 7.39. The Kier molecular flexibility index (Phi) is 6.81. The third-order valence-corrected chi connectivity index (χ3v) is 3.40. The van der Waals surface area contributed by atoms with E-state index < -0.39 is 17.4 Å². The standard InChI is InChI=1S/C16H22O3.C2H6/c1-7-9-12-11(8-2)13(17)19-14(18)16(5,6)10-15(12,3)4;1-2/h7-9H,2,10H2,1,3-6H3;1-2H3/b9-7-,12-11-;. The van der Waals surface area contributed by atoms with E-state index in [4.69, 9.17) is 4.74 Å². The molecule has 0 atom stereocenters. The van der Waals surface area contributed by atoms with Crippen molar-refractivity contribution in [2.45, 2.75) is 54.9 Å². The minimum Gasteiger partial charge on any atom is -0.389 e. The first-order valence-corrected chi connectivity index (χ1v) is 7.42. The van der Waals surface area contributed by atoms with Crippen LogP contribution in [0.15, 0.2) is 36.0 Å². The van der Waals surface area contributed by atoms with Gasteiger partial charge in [-0.15, -0.1) is 0 Å². The van der Waals surface area contributed by atoms with Gasteiger partial charge in [-0.05, 0) is 38.2 Å². The molecule has 0 aliphatic carbocycles. The number of hydrogen-bond donors (Lipinski definition) is 0. The SMILES string of the molecule is C=C/C1=C(\C=C/C)C(C)(C)CC(C)(C)C(=O)OC1=O.CC. The first-order valence-electron chi connectivity index (χ1n) is 7.42. The van der Waals surface area contributed by atoms with E-state index in [1.807, 2.05) is 46.8 Å². The molecule has 0 aromatic rings. The summed E-state index contributed by atoms with van der Waals surface area (Å²) in [5.74, 6) is -1.10. The van der Waals surface area contributed by atoms with Crippen molar-refractivity contribution < 1.29 is 14.3 Å². The predicted molar refractivity (Wildman–Crippen MR) is 86.7 cm³/mol. The lowest BCUT2D eigenvalue weighted by molar-refractivity contribution is -0.165. The Labute approximate surface area is 128 Å². The van der Waals surface area contributed by atoms with E-state index in [9.17, 15) is 9.59 Å². The first-order chi connectivity index (χ1) is 9.65. The van der Waals surface area contributed by atoms with Gasteiger partial charge < -0.3 is 4.74 Å². The van der Waals surface area contributed by atoms with Gasteiger partial charge in [0.15, 0.2) is 0 Å². The molecule has 0 aromatic carbocycles.